The second kappa shape index (κ2) is 7.50. The number of fused-ring (bicyclic) bond motifs is 1. The van der Waals surface area contributed by atoms with Gasteiger partial charge in [0.15, 0.2) is 5.11 Å². The van der Waals surface area contributed by atoms with Gasteiger partial charge in [-0.2, -0.15) is 5.26 Å². The maximum Gasteiger partial charge on any atom is 0.251 e. The van der Waals surface area contributed by atoms with Crippen LogP contribution in [0.25, 0.3) is 0 Å². The Labute approximate surface area is 180 Å². The second-order valence-electron chi connectivity index (χ2n) is 7.75. The van der Waals surface area contributed by atoms with Gasteiger partial charge in [-0.1, -0.05) is 0 Å². The molecule has 1 saturated carbocycles. The highest BCUT2D eigenvalue weighted by atomic mass is 32.1. The number of thiocarbonyl (C=S) groups is 1. The molecule has 4 rings (SSSR count). The van der Waals surface area contributed by atoms with Crippen LogP contribution < -0.4 is 15.1 Å². The molecule has 1 N–H and O–H groups in total. The van der Waals surface area contributed by atoms with Crippen LogP contribution in [0.1, 0.15) is 46.4 Å². The highest BCUT2D eigenvalue weighted by Crippen LogP contribution is 2.41. The summed E-state index contributed by atoms with van der Waals surface area (Å²) in [6.45, 7) is 2.29. The van der Waals surface area contributed by atoms with Gasteiger partial charge < -0.3 is 19.9 Å². The average molecular weight is 420 g/mol. The molecule has 8 heteroatoms. The van der Waals surface area contributed by atoms with Crippen LogP contribution in [-0.4, -0.2) is 34.9 Å². The Morgan fingerprint density at radius 3 is 2.70 bits per heavy atom. The Hall–Kier alpha value is -3.31. The first-order valence-electron chi connectivity index (χ1n) is 9.72. The van der Waals surface area contributed by atoms with Crippen LogP contribution in [0.4, 0.5) is 11.4 Å². The van der Waals surface area contributed by atoms with Gasteiger partial charge in [0.2, 0.25) is 0 Å². The van der Waals surface area contributed by atoms with Gasteiger partial charge in [0.1, 0.15) is 23.6 Å². The number of carbonyl (C=O) groups is 2. The van der Waals surface area contributed by atoms with Crippen molar-refractivity contribution in [1.29, 1.82) is 5.26 Å². The zero-order valence-corrected chi connectivity index (χ0v) is 17.6. The number of rotatable bonds is 4. The molecule has 30 heavy (non-hydrogen) atoms. The molecule has 0 unspecified atom stereocenters. The van der Waals surface area contributed by atoms with Crippen LogP contribution in [0.3, 0.4) is 0 Å². The summed E-state index contributed by atoms with van der Waals surface area (Å²) in [5.74, 6) is -0.0873. The van der Waals surface area contributed by atoms with E-state index in [1.54, 1.807) is 17.2 Å². The van der Waals surface area contributed by atoms with Crippen molar-refractivity contribution in [3.8, 4) is 6.07 Å². The molecular weight excluding hydrogens is 398 g/mol. The van der Waals surface area contributed by atoms with Crippen molar-refractivity contribution >= 4 is 40.9 Å². The molecule has 0 radical (unpaired) electrons. The number of pyridine rings is 1. The number of aldehydes is 1. The average Bonchev–Trinajstić information content (AvgIpc) is 3.09. The molecule has 0 spiro atoms. The molecule has 0 atom stereocenters. The molecule has 2 heterocycles. The lowest BCUT2D eigenvalue weighted by molar-refractivity contribution is -0.114. The van der Waals surface area contributed by atoms with E-state index in [2.05, 4.69) is 16.4 Å². The molecule has 0 bridgehead atoms. The predicted octanol–water partition coefficient (Wildman–Crippen LogP) is 2.85. The second-order valence-corrected chi connectivity index (χ2v) is 8.11. The largest absolute Gasteiger partial charge is 0.348 e. The maximum atomic E-state index is 12.2. The fraction of sp³-hybridized carbons (Fsp3) is 0.318. The number of carbonyl (C=O) groups excluding carboxylic acids is 2. The van der Waals surface area contributed by atoms with Crippen molar-refractivity contribution < 1.29 is 9.59 Å². The Morgan fingerprint density at radius 2 is 2.10 bits per heavy atom. The first-order valence-corrected chi connectivity index (χ1v) is 10.1. The summed E-state index contributed by atoms with van der Waals surface area (Å²) < 4.78 is 0. The zero-order valence-electron chi connectivity index (χ0n) is 16.8. The third-order valence-electron chi connectivity index (χ3n) is 5.95. The standard InChI is InChI=1S/C22H21N5O2S/c1-14-8-17(12-24-19(14)10-23)26(2)21(30)27(22(13-28)6-3-7-22)16-4-5-18-15(9-16)11-25-20(18)29/h4-5,8-9,12-13H,3,6-7,11H2,1-2H3,(H,25,29). The summed E-state index contributed by atoms with van der Waals surface area (Å²) in [6, 6.07) is 9.48. The van der Waals surface area contributed by atoms with E-state index in [0.717, 1.165) is 35.2 Å². The van der Waals surface area contributed by atoms with E-state index in [9.17, 15) is 9.59 Å². The summed E-state index contributed by atoms with van der Waals surface area (Å²) in [4.78, 5) is 32.0. The monoisotopic (exact) mass is 419 g/mol. The number of nitrogens with zero attached hydrogens (tertiary/aromatic N) is 4. The number of nitriles is 1. The van der Waals surface area contributed by atoms with Crippen LogP contribution in [-0.2, 0) is 11.3 Å². The fourth-order valence-corrected chi connectivity index (χ4v) is 4.36. The summed E-state index contributed by atoms with van der Waals surface area (Å²) >= 11 is 5.85. The molecule has 2 aromatic rings. The lowest BCUT2D eigenvalue weighted by atomic mass is 9.76. The van der Waals surface area contributed by atoms with Crippen LogP contribution in [0, 0.1) is 18.3 Å². The highest BCUT2D eigenvalue weighted by molar-refractivity contribution is 7.80. The van der Waals surface area contributed by atoms with Gasteiger partial charge in [-0.15, -0.1) is 0 Å². The Morgan fingerprint density at radius 1 is 1.33 bits per heavy atom. The van der Waals surface area contributed by atoms with Crippen LogP contribution in [0.2, 0.25) is 0 Å². The molecule has 0 saturated heterocycles. The van der Waals surface area contributed by atoms with Gasteiger partial charge in [-0.05, 0) is 73.8 Å². The molecular formula is C22H21N5O2S. The third kappa shape index (κ3) is 3.12. The van der Waals surface area contributed by atoms with E-state index in [1.165, 1.54) is 0 Å². The minimum atomic E-state index is -0.704. The number of nitrogens with one attached hydrogen (secondary N) is 1. The van der Waals surface area contributed by atoms with E-state index in [4.69, 9.17) is 17.5 Å². The summed E-state index contributed by atoms with van der Waals surface area (Å²) in [5.41, 5.74) is 3.49. The van der Waals surface area contributed by atoms with E-state index in [1.807, 2.05) is 37.1 Å². The number of aryl methyl sites for hydroxylation is 1. The third-order valence-corrected chi connectivity index (χ3v) is 6.41. The number of benzene rings is 1. The van der Waals surface area contributed by atoms with Crippen LogP contribution in [0.15, 0.2) is 30.5 Å². The number of hydrogen-bond acceptors (Lipinski definition) is 5. The van der Waals surface area contributed by atoms with Crippen LogP contribution >= 0.6 is 12.2 Å². The molecule has 1 aromatic carbocycles. The first kappa shape index (κ1) is 20.0. The lowest BCUT2D eigenvalue weighted by Crippen LogP contribution is -2.60. The first-order chi connectivity index (χ1) is 14.4. The van der Waals surface area contributed by atoms with Crippen molar-refractivity contribution in [2.24, 2.45) is 0 Å². The van der Waals surface area contributed by atoms with Gasteiger partial charge >= 0.3 is 0 Å². The van der Waals surface area contributed by atoms with Gasteiger partial charge in [-0.3, -0.25) is 4.79 Å². The molecule has 1 aliphatic carbocycles. The molecule has 1 aliphatic heterocycles. The smallest absolute Gasteiger partial charge is 0.251 e. The van der Waals surface area contributed by atoms with Crippen LogP contribution in [0.5, 0.6) is 0 Å². The van der Waals surface area contributed by atoms with Crippen molar-refractivity contribution in [2.75, 3.05) is 16.8 Å². The van der Waals surface area contributed by atoms with Gasteiger partial charge in [0, 0.05) is 24.8 Å². The number of amides is 1. The minimum Gasteiger partial charge on any atom is -0.348 e. The molecule has 1 fully saturated rings. The fourth-order valence-electron chi connectivity index (χ4n) is 3.97. The summed E-state index contributed by atoms with van der Waals surface area (Å²) in [6.07, 6.45) is 4.96. The minimum absolute atomic E-state index is 0.0873. The lowest BCUT2D eigenvalue weighted by Gasteiger charge is -2.49. The molecule has 2 aliphatic rings. The molecule has 152 valence electrons. The van der Waals surface area contributed by atoms with E-state index < -0.39 is 5.54 Å². The number of aromatic nitrogens is 1. The van der Waals surface area contributed by atoms with Crippen molar-refractivity contribution in [2.45, 2.75) is 38.3 Å². The Balaban J connectivity index is 1.74. The normalized spacial score (nSPS) is 16.0. The van der Waals surface area contributed by atoms with Crippen molar-refractivity contribution in [3.05, 3.63) is 52.8 Å². The summed E-state index contributed by atoms with van der Waals surface area (Å²) in [7, 11) is 1.83. The molecule has 1 amide bonds. The predicted molar refractivity (Wildman–Crippen MR) is 117 cm³/mol. The SMILES string of the molecule is Cc1cc(N(C)C(=S)N(c2ccc3c(c2)CNC3=O)C2(C=O)CCC2)cnc1C#N. The number of hydrogen-bond donors (Lipinski definition) is 1. The maximum absolute atomic E-state index is 12.2. The van der Waals surface area contributed by atoms with Gasteiger partial charge in [-0.25, -0.2) is 4.98 Å². The molecule has 7 nitrogen and oxygen atoms in total. The highest BCUT2D eigenvalue weighted by Gasteiger charge is 2.45. The van der Waals surface area contributed by atoms with Crippen molar-refractivity contribution in [1.82, 2.24) is 10.3 Å². The topological polar surface area (TPSA) is 89.3 Å². The Kier molecular flexibility index (Phi) is 5.00. The summed E-state index contributed by atoms with van der Waals surface area (Å²) in [5, 5.41) is 12.4. The van der Waals surface area contributed by atoms with E-state index >= 15 is 0 Å². The van der Waals surface area contributed by atoms with Gasteiger partial charge in [0.05, 0.1) is 11.9 Å². The molecule has 1 aromatic heterocycles. The van der Waals surface area contributed by atoms with E-state index in [0.29, 0.717) is 35.8 Å². The zero-order chi connectivity index (χ0) is 21.5. The van der Waals surface area contributed by atoms with Crippen molar-refractivity contribution in [3.63, 3.8) is 0 Å². The van der Waals surface area contributed by atoms with E-state index in [-0.39, 0.29) is 5.91 Å². The van der Waals surface area contributed by atoms with Gasteiger partial charge in [0.25, 0.3) is 5.91 Å². The number of anilines is 2. The Bertz CT molecular complexity index is 1100. The quantitative estimate of drug-likeness (QED) is 0.602.